The van der Waals surface area contributed by atoms with Crippen LogP contribution in [0.4, 0.5) is 0 Å². The number of thiazole rings is 1. The van der Waals surface area contributed by atoms with Gasteiger partial charge in [0.2, 0.25) is 0 Å². The Balaban J connectivity index is 2.00. The van der Waals surface area contributed by atoms with Gasteiger partial charge in [0.15, 0.2) is 4.80 Å². The Labute approximate surface area is 217 Å². The van der Waals surface area contributed by atoms with E-state index in [0.29, 0.717) is 31.9 Å². The standard InChI is InChI=1S/C25H22Br2N2O4S/c1-13(2)33-24(31)21-14(3)28-25-29(22(21)18-12-17(27)9-10-19(18)32-4)23(30)20(34-25)11-15-5-7-16(26)8-6-15/h5-13,22H,1-4H3/b20-11-/t22-/m0/s1. The van der Waals surface area contributed by atoms with Gasteiger partial charge in [-0.25, -0.2) is 9.79 Å². The number of fused-ring (bicyclic) bond motifs is 1. The molecule has 34 heavy (non-hydrogen) atoms. The predicted molar refractivity (Wildman–Crippen MR) is 140 cm³/mol. The summed E-state index contributed by atoms with van der Waals surface area (Å²) in [5, 5.41) is 0. The second kappa shape index (κ2) is 10.0. The largest absolute Gasteiger partial charge is 0.496 e. The zero-order chi connectivity index (χ0) is 24.6. The molecular formula is C25H22Br2N2O4S. The second-order valence-electron chi connectivity index (χ2n) is 7.97. The summed E-state index contributed by atoms with van der Waals surface area (Å²) in [7, 11) is 1.56. The lowest BCUT2D eigenvalue weighted by Crippen LogP contribution is -2.40. The van der Waals surface area contributed by atoms with Crippen LogP contribution in [-0.2, 0) is 9.53 Å². The Kier molecular flexibility index (Phi) is 7.25. The molecule has 0 spiro atoms. The maximum absolute atomic E-state index is 13.7. The normalized spacial score (nSPS) is 15.9. The van der Waals surface area contributed by atoms with Gasteiger partial charge in [-0.3, -0.25) is 9.36 Å². The molecule has 9 heteroatoms. The van der Waals surface area contributed by atoms with Crippen molar-refractivity contribution in [2.24, 2.45) is 4.99 Å². The summed E-state index contributed by atoms with van der Waals surface area (Å²) in [6, 6.07) is 12.4. The van der Waals surface area contributed by atoms with Gasteiger partial charge in [0, 0.05) is 14.5 Å². The van der Waals surface area contributed by atoms with Crippen LogP contribution in [0.15, 0.2) is 72.5 Å². The molecule has 4 rings (SSSR count). The number of ether oxygens (including phenoxy) is 2. The van der Waals surface area contributed by atoms with Crippen LogP contribution in [0.3, 0.4) is 0 Å². The fourth-order valence-electron chi connectivity index (χ4n) is 3.78. The molecule has 1 atom stereocenters. The molecule has 0 bridgehead atoms. The van der Waals surface area contributed by atoms with Gasteiger partial charge in [0.1, 0.15) is 11.8 Å². The third-order valence-corrected chi connectivity index (χ3v) is 7.24. The summed E-state index contributed by atoms with van der Waals surface area (Å²) in [6.45, 7) is 5.34. The molecule has 6 nitrogen and oxygen atoms in total. The van der Waals surface area contributed by atoms with Crippen LogP contribution in [0.1, 0.15) is 37.9 Å². The number of halogens is 2. The number of hydrogen-bond donors (Lipinski definition) is 0. The molecule has 0 N–H and O–H groups in total. The fourth-order valence-corrected chi connectivity index (χ4v) is 5.47. The summed E-state index contributed by atoms with van der Waals surface area (Å²) in [5.74, 6) is 0.0469. The molecule has 1 aromatic heterocycles. The molecule has 2 aromatic carbocycles. The number of allylic oxidation sites excluding steroid dienone is 1. The summed E-state index contributed by atoms with van der Waals surface area (Å²) >= 11 is 8.23. The van der Waals surface area contributed by atoms with Crippen LogP contribution in [-0.4, -0.2) is 23.8 Å². The number of methoxy groups -OCH3 is 1. The zero-order valence-corrected chi connectivity index (χ0v) is 23.0. The molecule has 0 unspecified atom stereocenters. The SMILES string of the molecule is COc1ccc(Br)cc1[C@H]1C(C(=O)OC(C)C)=C(C)N=c2s/c(=C\c3ccc(Br)cc3)c(=O)n21. The maximum Gasteiger partial charge on any atom is 0.338 e. The van der Waals surface area contributed by atoms with Crippen molar-refractivity contribution in [2.75, 3.05) is 7.11 Å². The topological polar surface area (TPSA) is 69.9 Å². The molecular weight excluding hydrogens is 584 g/mol. The average Bonchev–Trinajstić information content (AvgIpc) is 3.08. The van der Waals surface area contributed by atoms with Crippen molar-refractivity contribution >= 4 is 55.2 Å². The number of rotatable bonds is 5. The van der Waals surface area contributed by atoms with Gasteiger partial charge in [-0.15, -0.1) is 0 Å². The van der Waals surface area contributed by atoms with Crippen molar-refractivity contribution in [2.45, 2.75) is 32.9 Å². The monoisotopic (exact) mass is 604 g/mol. The minimum absolute atomic E-state index is 0.235. The van der Waals surface area contributed by atoms with Crippen LogP contribution in [0.2, 0.25) is 0 Å². The Morgan fingerprint density at radius 1 is 1.15 bits per heavy atom. The first-order chi connectivity index (χ1) is 16.2. The van der Waals surface area contributed by atoms with Crippen molar-refractivity contribution in [1.29, 1.82) is 0 Å². The third-order valence-electron chi connectivity index (χ3n) is 5.24. The van der Waals surface area contributed by atoms with Crippen LogP contribution >= 0.6 is 43.2 Å². The zero-order valence-electron chi connectivity index (χ0n) is 19.0. The van der Waals surface area contributed by atoms with Crippen LogP contribution in [0.5, 0.6) is 5.75 Å². The Morgan fingerprint density at radius 2 is 1.82 bits per heavy atom. The number of esters is 1. The lowest BCUT2D eigenvalue weighted by Gasteiger charge is -2.26. The highest BCUT2D eigenvalue weighted by atomic mass is 79.9. The average molecular weight is 606 g/mol. The van der Waals surface area contributed by atoms with Crippen molar-refractivity contribution in [3.63, 3.8) is 0 Å². The van der Waals surface area contributed by atoms with Gasteiger partial charge in [-0.05, 0) is 62.7 Å². The number of carbonyl (C=O) groups is 1. The molecule has 2 heterocycles. The number of carbonyl (C=O) groups excluding carboxylic acids is 1. The van der Waals surface area contributed by atoms with Crippen molar-refractivity contribution in [3.8, 4) is 5.75 Å². The minimum Gasteiger partial charge on any atom is -0.496 e. The van der Waals surface area contributed by atoms with E-state index in [0.717, 1.165) is 14.5 Å². The number of aromatic nitrogens is 1. The van der Waals surface area contributed by atoms with E-state index in [4.69, 9.17) is 9.47 Å². The van der Waals surface area contributed by atoms with E-state index in [9.17, 15) is 9.59 Å². The Morgan fingerprint density at radius 3 is 2.47 bits per heavy atom. The van der Waals surface area contributed by atoms with Crippen LogP contribution in [0.25, 0.3) is 6.08 Å². The number of benzene rings is 2. The molecule has 0 amide bonds. The molecule has 3 aromatic rings. The van der Waals surface area contributed by atoms with Gasteiger partial charge in [0.25, 0.3) is 5.56 Å². The third kappa shape index (κ3) is 4.82. The van der Waals surface area contributed by atoms with Crippen molar-refractivity contribution in [1.82, 2.24) is 4.57 Å². The lowest BCUT2D eigenvalue weighted by molar-refractivity contribution is -0.143. The predicted octanol–water partition coefficient (Wildman–Crippen LogP) is 4.72. The summed E-state index contributed by atoms with van der Waals surface area (Å²) in [6.07, 6.45) is 1.51. The summed E-state index contributed by atoms with van der Waals surface area (Å²) in [5.41, 5.74) is 2.14. The maximum atomic E-state index is 13.7. The Bertz CT molecular complexity index is 1470. The molecule has 0 saturated heterocycles. The van der Waals surface area contributed by atoms with Crippen molar-refractivity contribution < 1.29 is 14.3 Å². The van der Waals surface area contributed by atoms with Gasteiger partial charge in [-0.2, -0.15) is 0 Å². The lowest BCUT2D eigenvalue weighted by atomic mass is 9.95. The van der Waals surface area contributed by atoms with Gasteiger partial charge in [0.05, 0.1) is 29.0 Å². The number of nitrogens with zero attached hydrogens (tertiary/aromatic N) is 2. The first-order valence-corrected chi connectivity index (χ1v) is 12.9. The molecule has 0 radical (unpaired) electrons. The second-order valence-corrected chi connectivity index (χ2v) is 10.8. The van der Waals surface area contributed by atoms with E-state index in [2.05, 4.69) is 36.9 Å². The minimum atomic E-state index is -0.748. The smallest absolute Gasteiger partial charge is 0.338 e. The molecule has 1 aliphatic heterocycles. The van der Waals surface area contributed by atoms with E-state index in [-0.39, 0.29) is 11.7 Å². The first kappa shape index (κ1) is 24.6. The van der Waals surface area contributed by atoms with Crippen LogP contribution < -0.4 is 19.6 Å². The first-order valence-electron chi connectivity index (χ1n) is 10.5. The van der Waals surface area contributed by atoms with Crippen LogP contribution in [0, 0.1) is 0 Å². The van der Waals surface area contributed by atoms with Gasteiger partial charge < -0.3 is 9.47 Å². The number of hydrogen-bond acceptors (Lipinski definition) is 6. The van der Waals surface area contributed by atoms with E-state index >= 15 is 0 Å². The quantitative estimate of drug-likeness (QED) is 0.395. The van der Waals surface area contributed by atoms with Gasteiger partial charge >= 0.3 is 5.97 Å². The van der Waals surface area contributed by atoms with E-state index in [1.165, 1.54) is 11.3 Å². The fraction of sp³-hybridized carbons (Fsp3) is 0.240. The highest BCUT2D eigenvalue weighted by Gasteiger charge is 2.35. The van der Waals surface area contributed by atoms with E-state index < -0.39 is 12.0 Å². The van der Waals surface area contributed by atoms with E-state index in [1.807, 2.05) is 42.5 Å². The van der Waals surface area contributed by atoms with Crippen molar-refractivity contribution in [3.05, 3.63) is 93.5 Å². The summed E-state index contributed by atoms with van der Waals surface area (Å²) in [4.78, 5) is 32.1. The highest BCUT2D eigenvalue weighted by molar-refractivity contribution is 9.10. The summed E-state index contributed by atoms with van der Waals surface area (Å²) < 4.78 is 15.0. The molecule has 0 aliphatic carbocycles. The molecule has 176 valence electrons. The molecule has 1 aliphatic rings. The van der Waals surface area contributed by atoms with Gasteiger partial charge in [-0.1, -0.05) is 55.3 Å². The molecule has 0 fully saturated rings. The Hall–Kier alpha value is -2.49. The molecule has 0 saturated carbocycles. The van der Waals surface area contributed by atoms with E-state index in [1.54, 1.807) is 38.5 Å². The highest BCUT2D eigenvalue weighted by Crippen LogP contribution is 2.37.